The Morgan fingerprint density at radius 1 is 1.11 bits per heavy atom. The Bertz CT molecular complexity index is 549. The summed E-state index contributed by atoms with van der Waals surface area (Å²) in [5.41, 5.74) is 1.71. The monoisotopic (exact) mass is 267 g/mol. The van der Waals surface area contributed by atoms with Crippen LogP contribution in [0.25, 0.3) is 0 Å². The first-order valence-corrected chi connectivity index (χ1v) is 5.88. The van der Waals surface area contributed by atoms with Gasteiger partial charge in [0, 0.05) is 11.6 Å². The summed E-state index contributed by atoms with van der Waals surface area (Å²) in [5.74, 6) is -1.23. The van der Waals surface area contributed by atoms with Gasteiger partial charge in [-0.1, -0.05) is 29.8 Å². The van der Waals surface area contributed by atoms with Crippen molar-refractivity contribution >= 4 is 17.3 Å². The van der Waals surface area contributed by atoms with E-state index in [0.29, 0.717) is 5.02 Å². The van der Waals surface area contributed by atoms with Gasteiger partial charge in [0.05, 0.1) is 0 Å². The van der Waals surface area contributed by atoms with Crippen LogP contribution in [-0.4, -0.2) is 0 Å². The van der Waals surface area contributed by atoms with Crippen LogP contribution in [0.1, 0.15) is 11.1 Å². The molecule has 0 aliphatic heterocycles. The number of hydrogen-bond donors (Lipinski definition) is 1. The topological polar surface area (TPSA) is 12.0 Å². The van der Waals surface area contributed by atoms with Crippen molar-refractivity contribution in [3.05, 3.63) is 64.2 Å². The molecule has 0 saturated heterocycles. The highest BCUT2D eigenvalue weighted by molar-refractivity contribution is 6.31. The fraction of sp³-hybridized carbons (Fsp3) is 0.143. The normalized spacial score (nSPS) is 10.4. The third-order valence-corrected chi connectivity index (χ3v) is 2.98. The molecule has 1 nitrogen and oxygen atoms in total. The number of benzene rings is 2. The second-order valence-electron chi connectivity index (χ2n) is 4.05. The minimum atomic E-state index is -0.613. The standard InChI is InChI=1S/C14H12ClF2N/c1-9-5-6-10(11(15)7-9)8-18-14-12(16)3-2-4-13(14)17/h2-7,18H,8H2,1H3. The van der Waals surface area contributed by atoms with Crippen molar-refractivity contribution in [1.82, 2.24) is 0 Å². The fourth-order valence-corrected chi connectivity index (χ4v) is 1.95. The van der Waals surface area contributed by atoms with Gasteiger partial charge in [0.25, 0.3) is 0 Å². The van der Waals surface area contributed by atoms with Gasteiger partial charge in [0.15, 0.2) is 0 Å². The second kappa shape index (κ2) is 5.36. The number of para-hydroxylation sites is 1. The van der Waals surface area contributed by atoms with Gasteiger partial charge in [-0.15, -0.1) is 0 Å². The summed E-state index contributed by atoms with van der Waals surface area (Å²) in [7, 11) is 0. The van der Waals surface area contributed by atoms with Crippen molar-refractivity contribution in [2.45, 2.75) is 13.5 Å². The van der Waals surface area contributed by atoms with Crippen molar-refractivity contribution in [2.24, 2.45) is 0 Å². The quantitative estimate of drug-likeness (QED) is 0.861. The molecule has 0 aliphatic carbocycles. The molecule has 94 valence electrons. The van der Waals surface area contributed by atoms with E-state index in [4.69, 9.17) is 11.6 Å². The molecule has 0 spiro atoms. The zero-order chi connectivity index (χ0) is 13.1. The minimum absolute atomic E-state index is 0.130. The van der Waals surface area contributed by atoms with E-state index in [1.165, 1.54) is 18.2 Å². The molecule has 2 rings (SSSR count). The zero-order valence-corrected chi connectivity index (χ0v) is 10.6. The van der Waals surface area contributed by atoms with Crippen LogP contribution in [0.2, 0.25) is 5.02 Å². The van der Waals surface area contributed by atoms with E-state index in [-0.39, 0.29) is 12.2 Å². The van der Waals surface area contributed by atoms with E-state index in [1.54, 1.807) is 0 Å². The predicted octanol–water partition coefficient (Wildman–Crippen LogP) is 4.54. The van der Waals surface area contributed by atoms with Gasteiger partial charge in [-0.05, 0) is 36.2 Å². The van der Waals surface area contributed by atoms with Crippen molar-refractivity contribution < 1.29 is 8.78 Å². The van der Waals surface area contributed by atoms with Crippen molar-refractivity contribution in [3.8, 4) is 0 Å². The smallest absolute Gasteiger partial charge is 0.149 e. The number of anilines is 1. The van der Waals surface area contributed by atoms with Gasteiger partial charge in [0.1, 0.15) is 17.3 Å². The predicted molar refractivity (Wildman–Crippen MR) is 69.9 cm³/mol. The average Bonchev–Trinajstić information content (AvgIpc) is 2.31. The number of nitrogens with one attached hydrogen (secondary N) is 1. The molecule has 0 heterocycles. The lowest BCUT2D eigenvalue weighted by molar-refractivity contribution is 0.588. The summed E-state index contributed by atoms with van der Waals surface area (Å²) in [4.78, 5) is 0. The van der Waals surface area contributed by atoms with Crippen LogP contribution in [0.15, 0.2) is 36.4 Å². The third-order valence-electron chi connectivity index (χ3n) is 2.63. The molecule has 0 atom stereocenters. The van der Waals surface area contributed by atoms with Crippen molar-refractivity contribution in [2.75, 3.05) is 5.32 Å². The van der Waals surface area contributed by atoms with Gasteiger partial charge in [-0.3, -0.25) is 0 Å². The van der Waals surface area contributed by atoms with Crippen LogP contribution >= 0.6 is 11.6 Å². The number of rotatable bonds is 3. The molecule has 1 N–H and O–H groups in total. The van der Waals surface area contributed by atoms with Gasteiger partial charge < -0.3 is 5.32 Å². The van der Waals surface area contributed by atoms with Crippen LogP contribution in [0, 0.1) is 18.6 Å². The molecule has 0 radical (unpaired) electrons. The lowest BCUT2D eigenvalue weighted by Crippen LogP contribution is -2.04. The maximum absolute atomic E-state index is 13.4. The van der Waals surface area contributed by atoms with Gasteiger partial charge in [-0.2, -0.15) is 0 Å². The Labute approximate surface area is 109 Å². The molecular weight excluding hydrogens is 256 g/mol. The molecule has 0 amide bonds. The molecule has 0 aromatic heterocycles. The van der Waals surface area contributed by atoms with E-state index in [1.807, 2.05) is 25.1 Å². The number of aryl methyl sites for hydroxylation is 1. The van der Waals surface area contributed by atoms with Crippen LogP contribution in [-0.2, 0) is 6.54 Å². The summed E-state index contributed by atoms with van der Waals surface area (Å²) in [5, 5.41) is 3.31. The molecule has 0 unspecified atom stereocenters. The molecule has 0 saturated carbocycles. The maximum atomic E-state index is 13.4. The number of hydrogen-bond acceptors (Lipinski definition) is 1. The van der Waals surface area contributed by atoms with Crippen molar-refractivity contribution in [1.29, 1.82) is 0 Å². The van der Waals surface area contributed by atoms with E-state index < -0.39 is 11.6 Å². The largest absolute Gasteiger partial charge is 0.376 e. The summed E-state index contributed by atoms with van der Waals surface area (Å²) in [6.45, 7) is 2.20. The van der Waals surface area contributed by atoms with E-state index in [0.717, 1.165) is 11.1 Å². The first-order chi connectivity index (χ1) is 8.58. The highest BCUT2D eigenvalue weighted by atomic mass is 35.5. The van der Waals surface area contributed by atoms with Gasteiger partial charge >= 0.3 is 0 Å². The summed E-state index contributed by atoms with van der Waals surface area (Å²) in [6, 6.07) is 9.30. The van der Waals surface area contributed by atoms with E-state index in [2.05, 4.69) is 5.32 Å². The lowest BCUT2D eigenvalue weighted by Gasteiger charge is -2.10. The van der Waals surface area contributed by atoms with Crippen LogP contribution in [0.5, 0.6) is 0 Å². The Morgan fingerprint density at radius 3 is 2.39 bits per heavy atom. The Balaban J connectivity index is 2.16. The van der Waals surface area contributed by atoms with Crippen LogP contribution < -0.4 is 5.32 Å². The molecule has 4 heteroatoms. The highest BCUT2D eigenvalue weighted by Crippen LogP contribution is 2.22. The third kappa shape index (κ3) is 2.79. The first kappa shape index (κ1) is 12.8. The van der Waals surface area contributed by atoms with Gasteiger partial charge in [0.2, 0.25) is 0 Å². The van der Waals surface area contributed by atoms with Gasteiger partial charge in [-0.25, -0.2) is 8.78 Å². The highest BCUT2D eigenvalue weighted by Gasteiger charge is 2.08. The Hall–Kier alpha value is -1.61. The fourth-order valence-electron chi connectivity index (χ4n) is 1.65. The maximum Gasteiger partial charge on any atom is 0.149 e. The molecule has 18 heavy (non-hydrogen) atoms. The first-order valence-electron chi connectivity index (χ1n) is 5.51. The Kier molecular flexibility index (Phi) is 3.82. The molecule has 0 bridgehead atoms. The second-order valence-corrected chi connectivity index (χ2v) is 4.45. The zero-order valence-electron chi connectivity index (χ0n) is 9.81. The summed E-state index contributed by atoms with van der Waals surface area (Å²) in [6.07, 6.45) is 0. The van der Waals surface area contributed by atoms with E-state index in [9.17, 15) is 8.78 Å². The van der Waals surface area contributed by atoms with E-state index >= 15 is 0 Å². The molecular formula is C14H12ClF2N. The lowest BCUT2D eigenvalue weighted by atomic mass is 10.1. The molecule has 2 aromatic carbocycles. The summed E-state index contributed by atoms with van der Waals surface area (Å²) < 4.78 is 26.8. The Morgan fingerprint density at radius 2 is 1.78 bits per heavy atom. The average molecular weight is 268 g/mol. The summed E-state index contributed by atoms with van der Waals surface area (Å²) >= 11 is 6.05. The molecule has 0 fully saturated rings. The molecule has 0 aliphatic rings. The SMILES string of the molecule is Cc1ccc(CNc2c(F)cccc2F)c(Cl)c1. The molecule has 2 aromatic rings. The van der Waals surface area contributed by atoms with Crippen LogP contribution in [0.4, 0.5) is 14.5 Å². The van der Waals surface area contributed by atoms with Crippen LogP contribution in [0.3, 0.4) is 0 Å². The van der Waals surface area contributed by atoms with Crippen molar-refractivity contribution in [3.63, 3.8) is 0 Å². The minimum Gasteiger partial charge on any atom is -0.376 e. The number of halogens is 3.